The first-order valence-electron chi connectivity index (χ1n) is 16.3. The van der Waals surface area contributed by atoms with Crippen molar-refractivity contribution in [1.29, 1.82) is 0 Å². The van der Waals surface area contributed by atoms with Crippen LogP contribution in [0.5, 0.6) is 0 Å². The van der Waals surface area contributed by atoms with Gasteiger partial charge < -0.3 is 39.5 Å². The van der Waals surface area contributed by atoms with Gasteiger partial charge in [0, 0.05) is 70.4 Å². The van der Waals surface area contributed by atoms with Gasteiger partial charge in [0.15, 0.2) is 0 Å². The molecule has 3 heterocycles. The number of carbonyl (C=O) groups is 3. The Balaban J connectivity index is 1.11. The molecule has 0 aliphatic rings. The molecular weight excluding hydrogens is 634 g/mol. The Labute approximate surface area is 291 Å². The predicted molar refractivity (Wildman–Crippen MR) is 196 cm³/mol. The van der Waals surface area contributed by atoms with Gasteiger partial charge in [-0.3, -0.25) is 19.4 Å². The van der Waals surface area contributed by atoms with Crippen LogP contribution in [0.2, 0.25) is 0 Å². The van der Waals surface area contributed by atoms with Gasteiger partial charge in [0.25, 0.3) is 17.7 Å². The lowest BCUT2D eigenvalue weighted by atomic mass is 10.1. The summed E-state index contributed by atoms with van der Waals surface area (Å²) in [4.78, 5) is 45.6. The number of methoxy groups -OCH3 is 1. The highest BCUT2D eigenvalue weighted by atomic mass is 16.5. The topological polar surface area (TPSA) is 132 Å². The third-order valence-electron chi connectivity index (χ3n) is 8.07. The van der Waals surface area contributed by atoms with Crippen molar-refractivity contribution < 1.29 is 23.9 Å². The monoisotopic (exact) mass is 677 g/mol. The van der Waals surface area contributed by atoms with Crippen molar-refractivity contribution in [2.45, 2.75) is 0 Å². The first-order valence-corrected chi connectivity index (χ1v) is 16.3. The van der Waals surface area contributed by atoms with Gasteiger partial charge in [0.1, 0.15) is 11.4 Å². The summed E-state index contributed by atoms with van der Waals surface area (Å²) in [5.41, 5.74) is 5.08. The number of ether oxygens (including phenoxy) is 2. The normalized spacial score (nSPS) is 11.4. The highest BCUT2D eigenvalue weighted by molar-refractivity contribution is 6.07. The van der Waals surface area contributed by atoms with Crippen molar-refractivity contribution in [3.63, 3.8) is 0 Å². The Morgan fingerprint density at radius 3 is 2.16 bits per heavy atom. The Hall–Kier alpha value is -5.56. The van der Waals surface area contributed by atoms with Crippen LogP contribution in [0.15, 0.2) is 85.3 Å². The van der Waals surface area contributed by atoms with Crippen molar-refractivity contribution in [2.24, 2.45) is 14.1 Å². The van der Waals surface area contributed by atoms with E-state index in [1.165, 1.54) is 0 Å². The fourth-order valence-corrected chi connectivity index (χ4v) is 5.26. The van der Waals surface area contributed by atoms with Crippen LogP contribution >= 0.6 is 0 Å². The number of nitrogens with zero attached hydrogens (tertiary/aromatic N) is 4. The number of para-hydroxylation sites is 1. The van der Waals surface area contributed by atoms with Gasteiger partial charge >= 0.3 is 0 Å². The zero-order valence-electron chi connectivity index (χ0n) is 28.8. The zero-order chi connectivity index (χ0) is 35.5. The molecule has 0 saturated carbocycles. The second kappa shape index (κ2) is 17.2. The van der Waals surface area contributed by atoms with Crippen LogP contribution < -0.4 is 16.0 Å². The standard InChI is InChI=1S/C38H43N7O5/c1-43(17-18-50-20-19-49-4)16-15-39-37(47)34-22-32(26-44(34)2)42-38(48)35-23-31(25-45(35)3)41-36(46)29-13-11-27(12-14-29)9-10-28-21-30-7-5-6-8-33(30)40-24-28/h5-14,21-26H,15-20H2,1-4H3,(H,39,47)(H,41,46)(H,42,48)/b10-9+. The van der Waals surface area contributed by atoms with Gasteiger partial charge in [0.2, 0.25) is 0 Å². The lowest BCUT2D eigenvalue weighted by molar-refractivity contribution is 0.0606. The molecule has 0 fully saturated rings. The Morgan fingerprint density at radius 2 is 1.44 bits per heavy atom. The average Bonchev–Trinajstić information content (AvgIpc) is 3.67. The van der Waals surface area contributed by atoms with Crippen LogP contribution in [0.4, 0.5) is 11.4 Å². The van der Waals surface area contributed by atoms with Gasteiger partial charge in [-0.25, -0.2) is 0 Å². The summed E-state index contributed by atoms with van der Waals surface area (Å²) in [7, 11) is 7.07. The van der Waals surface area contributed by atoms with Crippen molar-refractivity contribution >= 4 is 52.2 Å². The molecule has 50 heavy (non-hydrogen) atoms. The van der Waals surface area contributed by atoms with Crippen LogP contribution in [-0.2, 0) is 23.6 Å². The zero-order valence-corrected chi connectivity index (χ0v) is 28.8. The molecule has 0 unspecified atom stereocenters. The molecule has 0 saturated heterocycles. The third kappa shape index (κ3) is 9.75. The molecular formula is C38H43N7O5. The van der Waals surface area contributed by atoms with Gasteiger partial charge in [-0.05, 0) is 54.6 Å². The van der Waals surface area contributed by atoms with E-state index in [2.05, 4.69) is 31.9 Å². The van der Waals surface area contributed by atoms with Crippen LogP contribution in [0, 0.1) is 0 Å². The Kier molecular flexibility index (Phi) is 12.3. The molecule has 3 amide bonds. The van der Waals surface area contributed by atoms with Crippen molar-refractivity contribution in [3.8, 4) is 0 Å². The molecule has 12 heteroatoms. The lowest BCUT2D eigenvalue weighted by Gasteiger charge is -2.16. The first kappa shape index (κ1) is 35.7. The second-order valence-corrected chi connectivity index (χ2v) is 11.9. The summed E-state index contributed by atoms with van der Waals surface area (Å²) >= 11 is 0. The van der Waals surface area contributed by atoms with E-state index in [4.69, 9.17) is 9.47 Å². The number of anilines is 2. The van der Waals surface area contributed by atoms with Crippen molar-refractivity contribution in [1.82, 2.24) is 24.3 Å². The number of likely N-dealkylation sites (N-methyl/N-ethyl adjacent to an activating group) is 1. The van der Waals surface area contributed by atoms with Crippen LogP contribution in [0.1, 0.15) is 42.5 Å². The van der Waals surface area contributed by atoms with Crippen molar-refractivity contribution in [2.75, 3.05) is 64.2 Å². The number of fused-ring (bicyclic) bond motifs is 1. The summed E-state index contributed by atoms with van der Waals surface area (Å²) in [5.74, 6) is -0.914. The van der Waals surface area contributed by atoms with E-state index in [1.54, 1.807) is 67.0 Å². The minimum absolute atomic E-state index is 0.243. The number of benzene rings is 2. The number of aromatic nitrogens is 3. The maximum absolute atomic E-state index is 13.2. The Bertz CT molecular complexity index is 1960. The molecule has 260 valence electrons. The molecule has 2 aromatic carbocycles. The molecule has 0 radical (unpaired) electrons. The summed E-state index contributed by atoms with van der Waals surface area (Å²) in [6.07, 6.45) is 9.15. The number of nitrogens with one attached hydrogen (secondary N) is 3. The number of amides is 3. The summed E-state index contributed by atoms with van der Waals surface area (Å²) in [5, 5.41) is 9.71. The molecule has 3 N–H and O–H groups in total. The van der Waals surface area contributed by atoms with Gasteiger partial charge in [-0.1, -0.05) is 42.5 Å². The third-order valence-corrected chi connectivity index (χ3v) is 8.07. The average molecular weight is 678 g/mol. The molecule has 0 spiro atoms. The molecule has 5 rings (SSSR count). The molecule has 0 aliphatic heterocycles. The second-order valence-electron chi connectivity index (χ2n) is 11.9. The van der Waals surface area contributed by atoms with Gasteiger partial charge in [0.05, 0.1) is 36.7 Å². The predicted octanol–water partition coefficient (Wildman–Crippen LogP) is 4.91. The smallest absolute Gasteiger partial charge is 0.272 e. The summed E-state index contributed by atoms with van der Waals surface area (Å²) in [6.45, 7) is 3.56. The van der Waals surface area contributed by atoms with Crippen LogP contribution in [-0.4, -0.2) is 90.4 Å². The number of carbonyl (C=O) groups excluding carboxylic acids is 3. The summed E-state index contributed by atoms with van der Waals surface area (Å²) < 4.78 is 13.7. The Morgan fingerprint density at radius 1 is 0.780 bits per heavy atom. The molecule has 5 aromatic rings. The van der Waals surface area contributed by atoms with Crippen molar-refractivity contribution in [3.05, 3.63) is 113 Å². The number of rotatable bonds is 16. The fraction of sp³-hybridized carbons (Fsp3) is 0.263. The van der Waals surface area contributed by atoms with E-state index < -0.39 is 0 Å². The van der Waals surface area contributed by atoms with E-state index in [0.29, 0.717) is 61.2 Å². The van der Waals surface area contributed by atoms with E-state index >= 15 is 0 Å². The molecule has 12 nitrogen and oxygen atoms in total. The quantitative estimate of drug-likeness (QED) is 0.127. The fourth-order valence-electron chi connectivity index (χ4n) is 5.26. The molecule has 0 atom stereocenters. The maximum Gasteiger partial charge on any atom is 0.272 e. The van der Waals surface area contributed by atoms with E-state index in [1.807, 2.05) is 61.8 Å². The number of aryl methyl sites for hydroxylation is 2. The minimum Gasteiger partial charge on any atom is -0.382 e. The number of hydrogen-bond acceptors (Lipinski definition) is 7. The number of hydrogen-bond donors (Lipinski definition) is 3. The highest BCUT2D eigenvalue weighted by Crippen LogP contribution is 2.19. The molecule has 3 aromatic heterocycles. The molecule has 0 bridgehead atoms. The molecule has 0 aliphatic carbocycles. The van der Waals surface area contributed by atoms with E-state index in [-0.39, 0.29) is 17.7 Å². The van der Waals surface area contributed by atoms with Crippen LogP contribution in [0.25, 0.3) is 23.1 Å². The summed E-state index contributed by atoms with van der Waals surface area (Å²) in [6, 6.07) is 20.5. The highest BCUT2D eigenvalue weighted by Gasteiger charge is 2.17. The van der Waals surface area contributed by atoms with Gasteiger partial charge in [-0.15, -0.1) is 0 Å². The first-order chi connectivity index (χ1) is 24.2. The van der Waals surface area contributed by atoms with Gasteiger partial charge in [-0.2, -0.15) is 0 Å². The number of pyridine rings is 1. The van der Waals surface area contributed by atoms with Crippen LogP contribution in [0.3, 0.4) is 0 Å². The van der Waals surface area contributed by atoms with E-state index in [9.17, 15) is 14.4 Å². The largest absolute Gasteiger partial charge is 0.382 e. The maximum atomic E-state index is 13.2. The minimum atomic E-state index is -0.377. The van der Waals surface area contributed by atoms with E-state index in [0.717, 1.165) is 28.6 Å². The lowest BCUT2D eigenvalue weighted by Crippen LogP contribution is -2.35. The SMILES string of the molecule is COCCOCCN(C)CCNC(=O)c1cc(NC(=O)c2cc(NC(=O)c3ccc(/C=C/c4cnc5ccccc5c4)cc3)cn2C)cn1C.